The molecule has 3 unspecified atom stereocenters. The van der Waals surface area contributed by atoms with Crippen LogP contribution < -0.4 is 10.2 Å². The number of likely N-dealkylation sites (N-methyl/N-ethyl adjacent to an activating group) is 1. The van der Waals surface area contributed by atoms with Crippen molar-refractivity contribution in [1.29, 1.82) is 0 Å². The Kier molecular flexibility index (Phi) is 46.6. The molecule has 0 bridgehead atoms. The number of ether oxygens (including phenoxy) is 1. The number of phosphoric ester groups is 1. The van der Waals surface area contributed by atoms with Crippen LogP contribution in [0.1, 0.15) is 265 Å². The van der Waals surface area contributed by atoms with E-state index in [0.717, 1.165) is 83.5 Å². The molecular weight excluding hydrogens is 856 g/mol. The van der Waals surface area contributed by atoms with Crippen LogP contribution in [0.5, 0.6) is 0 Å². The van der Waals surface area contributed by atoms with E-state index >= 15 is 0 Å². The number of nitrogens with zero attached hydrogens (tertiary/aromatic N) is 1. The number of quaternary nitrogens is 1. The highest BCUT2D eigenvalue weighted by Gasteiger charge is 2.27. The summed E-state index contributed by atoms with van der Waals surface area (Å²) < 4.78 is 30.2. The lowest BCUT2D eigenvalue weighted by Crippen LogP contribution is -2.47. The van der Waals surface area contributed by atoms with Crippen molar-refractivity contribution in [3.8, 4) is 0 Å². The fraction of sp³-hybridized carbons (Fsp3) is 0.860. The Labute approximate surface area is 415 Å². The van der Waals surface area contributed by atoms with Crippen LogP contribution >= 0.6 is 7.82 Å². The average Bonchev–Trinajstić information content (AvgIpc) is 3.28. The van der Waals surface area contributed by atoms with Crippen LogP contribution in [0, 0.1) is 0 Å². The summed E-state index contributed by atoms with van der Waals surface area (Å²) in [5.74, 6) is -0.542. The Morgan fingerprint density at radius 3 is 1.42 bits per heavy atom. The largest absolute Gasteiger partial charge is 0.756 e. The zero-order valence-electron chi connectivity index (χ0n) is 44.9. The summed E-state index contributed by atoms with van der Waals surface area (Å²) in [6.07, 6.45) is 55.3. The van der Waals surface area contributed by atoms with Crippen LogP contribution in [-0.4, -0.2) is 69.4 Å². The van der Waals surface area contributed by atoms with Crippen LogP contribution in [0.4, 0.5) is 0 Å². The van der Waals surface area contributed by atoms with Gasteiger partial charge in [0.25, 0.3) is 7.82 Å². The van der Waals surface area contributed by atoms with E-state index in [4.69, 9.17) is 13.8 Å². The van der Waals surface area contributed by atoms with Crippen molar-refractivity contribution in [1.82, 2.24) is 5.32 Å². The molecule has 67 heavy (non-hydrogen) atoms. The molecule has 0 radical (unpaired) electrons. The second-order valence-electron chi connectivity index (χ2n) is 20.4. The number of amides is 1. The second-order valence-corrected chi connectivity index (χ2v) is 21.8. The Hall–Kier alpha value is -1.77. The van der Waals surface area contributed by atoms with E-state index in [2.05, 4.69) is 50.4 Å². The van der Waals surface area contributed by atoms with Gasteiger partial charge in [-0.2, -0.15) is 0 Å². The van der Waals surface area contributed by atoms with Gasteiger partial charge in [-0.05, 0) is 57.4 Å². The topological polar surface area (TPSA) is 114 Å². The molecule has 0 aliphatic rings. The quantitative estimate of drug-likeness (QED) is 0.0212. The molecule has 0 aromatic rings. The van der Waals surface area contributed by atoms with Gasteiger partial charge in [0.15, 0.2) is 0 Å². The van der Waals surface area contributed by atoms with E-state index in [1.165, 1.54) is 148 Å². The molecule has 0 aliphatic heterocycles. The standard InChI is InChI=1S/C57H109N2O7P/c1-7-10-13-16-19-22-25-28-30-31-34-37-40-43-46-49-56(60)58-54(53-65-67(62,63)64-52-51-59(4,5)6)55(48-45-42-39-36-33-27-24-21-18-15-12-9-3)66-57(61)50-47-44-41-38-35-32-29-26-23-20-17-14-11-8-2/h11,14,20,23,45,48,54-55H,7-10,12-13,15-19,21-22,24-44,46-47,49-53H2,1-6H3,(H-,58,60,62,63)/b14-11+,23-20+,48-45+. The maximum absolute atomic E-state index is 13.5. The highest BCUT2D eigenvalue weighted by molar-refractivity contribution is 7.45. The third kappa shape index (κ3) is 49.0. The molecule has 0 heterocycles. The van der Waals surface area contributed by atoms with Gasteiger partial charge in [-0.1, -0.05) is 231 Å². The van der Waals surface area contributed by atoms with Crippen molar-refractivity contribution < 1.29 is 37.3 Å². The molecule has 9 nitrogen and oxygen atoms in total. The molecule has 0 rings (SSSR count). The molecule has 394 valence electrons. The number of carbonyl (C=O) groups is 2. The minimum absolute atomic E-state index is 0.0216. The van der Waals surface area contributed by atoms with Crippen molar-refractivity contribution in [3.63, 3.8) is 0 Å². The van der Waals surface area contributed by atoms with E-state index in [-0.39, 0.29) is 31.5 Å². The molecule has 0 saturated carbocycles. The number of rotatable bonds is 51. The number of hydrogen-bond acceptors (Lipinski definition) is 7. The first-order valence-electron chi connectivity index (χ1n) is 28.3. The Balaban J connectivity index is 5.35. The van der Waals surface area contributed by atoms with Gasteiger partial charge in [-0.15, -0.1) is 0 Å². The first kappa shape index (κ1) is 65.2. The maximum Gasteiger partial charge on any atom is 0.306 e. The second kappa shape index (κ2) is 47.9. The highest BCUT2D eigenvalue weighted by atomic mass is 31.2. The van der Waals surface area contributed by atoms with Gasteiger partial charge in [0.2, 0.25) is 5.91 Å². The first-order chi connectivity index (χ1) is 32.4. The number of esters is 1. The van der Waals surface area contributed by atoms with E-state index in [1.807, 2.05) is 33.3 Å². The van der Waals surface area contributed by atoms with Gasteiger partial charge < -0.3 is 28.5 Å². The van der Waals surface area contributed by atoms with Crippen molar-refractivity contribution in [3.05, 3.63) is 36.5 Å². The lowest BCUT2D eigenvalue weighted by atomic mass is 10.0. The van der Waals surface area contributed by atoms with E-state index in [9.17, 15) is 19.0 Å². The van der Waals surface area contributed by atoms with Crippen LogP contribution in [0.15, 0.2) is 36.5 Å². The summed E-state index contributed by atoms with van der Waals surface area (Å²) in [6, 6.07) is -0.885. The van der Waals surface area contributed by atoms with Gasteiger partial charge in [-0.3, -0.25) is 14.2 Å². The zero-order valence-corrected chi connectivity index (χ0v) is 45.8. The number of unbranched alkanes of at least 4 members (excludes halogenated alkanes) is 31. The van der Waals surface area contributed by atoms with Crippen LogP contribution in [0.2, 0.25) is 0 Å². The lowest BCUT2D eigenvalue weighted by molar-refractivity contribution is -0.870. The van der Waals surface area contributed by atoms with Gasteiger partial charge in [-0.25, -0.2) is 0 Å². The summed E-state index contributed by atoms with van der Waals surface area (Å²) >= 11 is 0. The fourth-order valence-corrected chi connectivity index (χ4v) is 8.93. The number of allylic oxidation sites excluding steroid dienone is 5. The molecule has 3 atom stereocenters. The number of hydrogen-bond donors (Lipinski definition) is 1. The summed E-state index contributed by atoms with van der Waals surface area (Å²) in [5, 5.41) is 3.02. The average molecular weight is 965 g/mol. The molecule has 1 amide bonds. The van der Waals surface area contributed by atoms with Gasteiger partial charge in [0.05, 0.1) is 33.8 Å². The molecule has 1 N–H and O–H groups in total. The van der Waals surface area contributed by atoms with E-state index < -0.39 is 20.0 Å². The number of carbonyl (C=O) groups excluding carboxylic acids is 2. The SMILES string of the molecule is CC/C=C/C/C=C/CCCCCCCCCC(=O)OC(/C=C/CCCCCCCCCCCC)C(COP(=O)([O-])OCC[N+](C)(C)C)NC(=O)CCCCCCCCCCCCCCCCC. The highest BCUT2D eigenvalue weighted by Crippen LogP contribution is 2.38. The van der Waals surface area contributed by atoms with E-state index in [1.54, 1.807) is 0 Å². The third-order valence-corrected chi connectivity index (χ3v) is 13.5. The Morgan fingerprint density at radius 1 is 0.537 bits per heavy atom. The normalized spacial score (nSPS) is 14.1. The lowest BCUT2D eigenvalue weighted by Gasteiger charge is -2.30. The van der Waals surface area contributed by atoms with Crippen molar-refractivity contribution >= 4 is 19.7 Å². The summed E-state index contributed by atoms with van der Waals surface area (Å²) in [5.41, 5.74) is 0. The Bertz CT molecular complexity index is 1250. The van der Waals surface area contributed by atoms with Gasteiger partial charge in [0, 0.05) is 12.8 Å². The smallest absolute Gasteiger partial charge is 0.306 e. The predicted molar refractivity (Wildman–Crippen MR) is 284 cm³/mol. The van der Waals surface area contributed by atoms with Gasteiger partial charge >= 0.3 is 5.97 Å². The van der Waals surface area contributed by atoms with E-state index in [0.29, 0.717) is 17.4 Å². The third-order valence-electron chi connectivity index (χ3n) is 12.6. The fourth-order valence-electron chi connectivity index (χ4n) is 8.21. The first-order valence-corrected chi connectivity index (χ1v) is 29.8. The molecular formula is C57H109N2O7P. The minimum atomic E-state index is -4.69. The van der Waals surface area contributed by atoms with Crippen molar-refractivity contribution in [2.24, 2.45) is 0 Å². The molecule has 0 fully saturated rings. The summed E-state index contributed by atoms with van der Waals surface area (Å²) in [4.78, 5) is 39.8. The monoisotopic (exact) mass is 965 g/mol. The number of nitrogens with one attached hydrogen (secondary N) is 1. The molecule has 0 spiro atoms. The van der Waals surface area contributed by atoms with Crippen molar-refractivity contribution in [2.75, 3.05) is 40.9 Å². The van der Waals surface area contributed by atoms with Crippen LogP contribution in [0.3, 0.4) is 0 Å². The van der Waals surface area contributed by atoms with Crippen LogP contribution in [0.25, 0.3) is 0 Å². The minimum Gasteiger partial charge on any atom is -0.756 e. The molecule has 0 aromatic carbocycles. The van der Waals surface area contributed by atoms with Crippen LogP contribution in [-0.2, 0) is 27.9 Å². The number of phosphoric acid groups is 1. The molecule has 0 aromatic heterocycles. The summed E-state index contributed by atoms with van der Waals surface area (Å²) in [6.45, 7) is 6.74. The predicted octanol–water partition coefficient (Wildman–Crippen LogP) is 16.1. The Morgan fingerprint density at radius 2 is 0.955 bits per heavy atom. The molecule has 0 aliphatic carbocycles. The molecule has 10 heteroatoms. The van der Waals surface area contributed by atoms with Gasteiger partial charge in [0.1, 0.15) is 19.3 Å². The maximum atomic E-state index is 13.5. The molecule has 0 saturated heterocycles. The summed E-state index contributed by atoms with van der Waals surface area (Å²) in [7, 11) is 1.19. The van der Waals surface area contributed by atoms with Crippen molar-refractivity contribution in [2.45, 2.75) is 277 Å². The zero-order chi connectivity index (χ0) is 49.4.